The molecule has 0 aliphatic carbocycles. The average molecular weight is 376 g/mol. The highest BCUT2D eigenvalue weighted by Gasteiger charge is 2.25. The summed E-state index contributed by atoms with van der Waals surface area (Å²) in [5, 5.41) is 0.833. The van der Waals surface area contributed by atoms with Crippen LogP contribution in [0.2, 0.25) is 10.0 Å². The third kappa shape index (κ3) is 5.87. The summed E-state index contributed by atoms with van der Waals surface area (Å²) < 4.78 is 10.2. The molecule has 0 radical (unpaired) electrons. The van der Waals surface area contributed by atoms with Crippen LogP contribution in [-0.4, -0.2) is 43.1 Å². The molecule has 0 bridgehead atoms. The van der Waals surface area contributed by atoms with E-state index in [0.717, 1.165) is 6.42 Å². The number of rotatable bonds is 8. The van der Waals surface area contributed by atoms with Crippen LogP contribution < -0.4 is 4.74 Å². The number of methoxy groups -OCH3 is 1. The first-order chi connectivity index (χ1) is 11.3. The van der Waals surface area contributed by atoms with Gasteiger partial charge in [-0.1, -0.05) is 37.0 Å². The summed E-state index contributed by atoms with van der Waals surface area (Å²) in [6.45, 7) is 5.74. The predicted octanol–water partition coefficient (Wildman–Crippen LogP) is 3.81. The highest BCUT2D eigenvalue weighted by molar-refractivity contribution is 6.35. The molecule has 0 N–H and O–H groups in total. The number of halogens is 2. The fraction of sp³-hybridized carbons (Fsp3) is 0.529. The molecule has 0 aliphatic rings. The van der Waals surface area contributed by atoms with E-state index in [2.05, 4.69) is 0 Å². The summed E-state index contributed by atoms with van der Waals surface area (Å²) >= 11 is 11.9. The van der Waals surface area contributed by atoms with Crippen LogP contribution in [0.3, 0.4) is 0 Å². The van der Waals surface area contributed by atoms with E-state index in [9.17, 15) is 9.59 Å². The highest BCUT2D eigenvalue weighted by atomic mass is 35.5. The Bertz CT molecular complexity index is 580. The molecule has 0 fully saturated rings. The van der Waals surface area contributed by atoms with Gasteiger partial charge >= 0.3 is 5.97 Å². The van der Waals surface area contributed by atoms with Crippen molar-refractivity contribution >= 4 is 35.1 Å². The minimum absolute atomic E-state index is 0.0195. The lowest BCUT2D eigenvalue weighted by Crippen LogP contribution is -2.44. The maximum atomic E-state index is 12.5. The lowest BCUT2D eigenvalue weighted by molar-refractivity contribution is -0.147. The minimum atomic E-state index is -0.410. The predicted molar refractivity (Wildman–Crippen MR) is 94.6 cm³/mol. The van der Waals surface area contributed by atoms with Crippen molar-refractivity contribution in [2.24, 2.45) is 5.92 Å². The van der Waals surface area contributed by atoms with E-state index in [0.29, 0.717) is 15.8 Å². The van der Waals surface area contributed by atoms with Crippen molar-refractivity contribution in [2.45, 2.75) is 33.2 Å². The van der Waals surface area contributed by atoms with E-state index in [1.165, 1.54) is 7.11 Å². The number of carbonyl (C=O) groups is 2. The largest absolute Gasteiger partial charge is 0.482 e. The number of nitrogens with zero attached hydrogens (tertiary/aromatic N) is 1. The average Bonchev–Trinajstić information content (AvgIpc) is 2.56. The first kappa shape index (κ1) is 20.6. The maximum absolute atomic E-state index is 12.5. The lowest BCUT2D eigenvalue weighted by atomic mass is 10.1. The Balaban J connectivity index is 2.75. The number of hydrogen-bond acceptors (Lipinski definition) is 4. The SMILES string of the molecule is CCC(C)N(CC(C)C(=O)OC)C(=O)COc1ccc(Cl)cc1Cl. The third-order valence-electron chi connectivity index (χ3n) is 3.76. The van der Waals surface area contributed by atoms with Crippen molar-refractivity contribution < 1.29 is 19.1 Å². The van der Waals surface area contributed by atoms with Gasteiger partial charge < -0.3 is 14.4 Å². The quantitative estimate of drug-likeness (QED) is 0.648. The Morgan fingerprint density at radius 1 is 1.25 bits per heavy atom. The summed E-state index contributed by atoms with van der Waals surface area (Å²) in [5.74, 6) is -0.588. The fourth-order valence-electron chi connectivity index (χ4n) is 2.13. The number of carbonyl (C=O) groups excluding carboxylic acids is 2. The molecule has 0 heterocycles. The van der Waals surface area contributed by atoms with E-state index < -0.39 is 5.92 Å². The number of ether oxygens (including phenoxy) is 2. The van der Waals surface area contributed by atoms with E-state index in [1.54, 1.807) is 30.0 Å². The van der Waals surface area contributed by atoms with Gasteiger partial charge in [-0.2, -0.15) is 0 Å². The molecule has 24 heavy (non-hydrogen) atoms. The summed E-state index contributed by atoms with van der Waals surface area (Å²) in [6, 6.07) is 4.78. The Morgan fingerprint density at radius 2 is 1.92 bits per heavy atom. The normalized spacial score (nSPS) is 13.1. The molecule has 1 amide bonds. The van der Waals surface area contributed by atoms with Gasteiger partial charge in [0.1, 0.15) is 5.75 Å². The Hall–Kier alpha value is -1.46. The van der Waals surface area contributed by atoms with Gasteiger partial charge in [0.2, 0.25) is 0 Å². The van der Waals surface area contributed by atoms with Crippen molar-refractivity contribution in [2.75, 3.05) is 20.3 Å². The van der Waals surface area contributed by atoms with Crippen LogP contribution in [0.5, 0.6) is 5.75 Å². The molecule has 0 aliphatic heterocycles. The van der Waals surface area contributed by atoms with Crippen LogP contribution in [-0.2, 0) is 14.3 Å². The lowest BCUT2D eigenvalue weighted by Gasteiger charge is -2.30. The molecule has 5 nitrogen and oxygen atoms in total. The zero-order valence-electron chi connectivity index (χ0n) is 14.3. The topological polar surface area (TPSA) is 55.8 Å². The first-order valence-electron chi connectivity index (χ1n) is 7.75. The van der Waals surface area contributed by atoms with Crippen molar-refractivity contribution in [3.63, 3.8) is 0 Å². The number of esters is 1. The van der Waals surface area contributed by atoms with E-state index in [-0.39, 0.29) is 31.1 Å². The summed E-state index contributed by atoms with van der Waals surface area (Å²) in [6.07, 6.45) is 0.765. The Morgan fingerprint density at radius 3 is 2.46 bits per heavy atom. The van der Waals surface area contributed by atoms with E-state index in [1.807, 2.05) is 13.8 Å². The van der Waals surface area contributed by atoms with Gasteiger partial charge in [-0.15, -0.1) is 0 Å². The van der Waals surface area contributed by atoms with Gasteiger partial charge in [0.15, 0.2) is 6.61 Å². The molecule has 0 spiro atoms. The molecule has 2 atom stereocenters. The number of hydrogen-bond donors (Lipinski definition) is 0. The number of amides is 1. The van der Waals surface area contributed by atoms with Crippen LogP contribution in [0.4, 0.5) is 0 Å². The summed E-state index contributed by atoms with van der Waals surface area (Å²) in [7, 11) is 1.33. The minimum Gasteiger partial charge on any atom is -0.482 e. The van der Waals surface area contributed by atoms with Gasteiger partial charge in [-0.25, -0.2) is 0 Å². The van der Waals surface area contributed by atoms with Gasteiger partial charge in [0.05, 0.1) is 18.1 Å². The molecule has 0 saturated heterocycles. The van der Waals surface area contributed by atoms with E-state index >= 15 is 0 Å². The van der Waals surface area contributed by atoms with Crippen LogP contribution in [0.15, 0.2) is 18.2 Å². The van der Waals surface area contributed by atoms with Crippen LogP contribution in [0, 0.1) is 5.92 Å². The van der Waals surface area contributed by atoms with Gasteiger partial charge in [-0.3, -0.25) is 9.59 Å². The van der Waals surface area contributed by atoms with Crippen LogP contribution in [0.1, 0.15) is 27.2 Å². The molecule has 1 aromatic rings. The van der Waals surface area contributed by atoms with Crippen molar-refractivity contribution in [1.82, 2.24) is 4.90 Å². The second kappa shape index (κ2) is 9.74. The standard InChI is InChI=1S/C17H23Cl2NO4/c1-5-12(3)20(9-11(2)17(22)23-4)16(21)10-24-15-7-6-13(18)8-14(15)19/h6-8,11-12H,5,9-10H2,1-4H3. The molecule has 1 aromatic carbocycles. The Labute approximate surface area is 152 Å². The zero-order valence-corrected chi connectivity index (χ0v) is 15.9. The molecule has 1 rings (SSSR count). The maximum Gasteiger partial charge on any atom is 0.310 e. The zero-order chi connectivity index (χ0) is 18.3. The van der Waals surface area contributed by atoms with Gasteiger partial charge in [-0.05, 0) is 31.5 Å². The third-order valence-corrected chi connectivity index (χ3v) is 4.29. The molecule has 7 heteroatoms. The second-order valence-corrected chi connectivity index (χ2v) is 6.43. The monoisotopic (exact) mass is 375 g/mol. The highest BCUT2D eigenvalue weighted by Crippen LogP contribution is 2.27. The first-order valence-corrected chi connectivity index (χ1v) is 8.50. The number of benzene rings is 1. The van der Waals surface area contributed by atoms with Crippen LogP contribution in [0.25, 0.3) is 0 Å². The molecular formula is C17H23Cl2NO4. The summed E-state index contributed by atoms with van der Waals surface area (Å²) in [5.41, 5.74) is 0. The van der Waals surface area contributed by atoms with Crippen LogP contribution >= 0.6 is 23.2 Å². The van der Waals surface area contributed by atoms with Gasteiger partial charge in [0.25, 0.3) is 5.91 Å². The second-order valence-electron chi connectivity index (χ2n) is 5.59. The fourth-order valence-corrected chi connectivity index (χ4v) is 2.60. The van der Waals surface area contributed by atoms with Crippen molar-refractivity contribution in [3.05, 3.63) is 28.2 Å². The summed E-state index contributed by atoms with van der Waals surface area (Å²) in [4.78, 5) is 25.8. The Kier molecular flexibility index (Phi) is 8.36. The van der Waals surface area contributed by atoms with E-state index in [4.69, 9.17) is 32.7 Å². The molecule has 2 unspecified atom stereocenters. The van der Waals surface area contributed by atoms with Gasteiger partial charge in [0, 0.05) is 17.6 Å². The van der Waals surface area contributed by atoms with Crippen molar-refractivity contribution in [3.8, 4) is 5.75 Å². The molecule has 134 valence electrons. The molecule has 0 saturated carbocycles. The molecular weight excluding hydrogens is 353 g/mol. The molecule has 0 aromatic heterocycles. The van der Waals surface area contributed by atoms with Crippen molar-refractivity contribution in [1.29, 1.82) is 0 Å². The smallest absolute Gasteiger partial charge is 0.310 e.